The highest BCUT2D eigenvalue weighted by Crippen LogP contribution is 2.68. The summed E-state index contributed by atoms with van der Waals surface area (Å²) in [7, 11) is 0. The van der Waals surface area contributed by atoms with Gasteiger partial charge in [0.05, 0.1) is 0 Å². The van der Waals surface area contributed by atoms with Gasteiger partial charge < -0.3 is 0 Å². The quantitative estimate of drug-likeness (QED) is 0.472. The number of fused-ring (bicyclic) bond motifs is 5. The van der Waals surface area contributed by atoms with Crippen LogP contribution >= 0.6 is 0 Å². The maximum absolute atomic E-state index is 2.77. The van der Waals surface area contributed by atoms with E-state index in [1.807, 2.05) is 0 Å². The fraction of sp³-hybridized carbons (Fsp3) is 1.00. The van der Waals surface area contributed by atoms with Gasteiger partial charge in [-0.3, -0.25) is 0 Å². The zero-order valence-corrected chi connectivity index (χ0v) is 17.1. The van der Waals surface area contributed by atoms with Crippen LogP contribution in [0.3, 0.4) is 0 Å². The molecular weight excluding hydrogens is 288 g/mol. The second kappa shape index (κ2) is 6.02. The van der Waals surface area contributed by atoms with Gasteiger partial charge in [-0.05, 0) is 97.2 Å². The summed E-state index contributed by atoms with van der Waals surface area (Å²) in [5.74, 6) is 7.11. The van der Waals surface area contributed by atoms with E-state index in [1.54, 1.807) is 25.7 Å². The van der Waals surface area contributed by atoms with Crippen molar-refractivity contribution in [2.75, 3.05) is 0 Å². The fourth-order valence-corrected chi connectivity index (χ4v) is 9.00. The van der Waals surface area contributed by atoms with E-state index in [1.165, 1.54) is 38.5 Å². The van der Waals surface area contributed by atoms with E-state index in [4.69, 9.17) is 0 Å². The average Bonchev–Trinajstić information content (AvgIpc) is 2.55. The molecule has 0 aromatic heterocycles. The third-order valence-corrected chi connectivity index (χ3v) is 10.1. The van der Waals surface area contributed by atoms with Crippen LogP contribution in [0.25, 0.3) is 0 Å². The molecule has 0 heteroatoms. The highest BCUT2D eigenvalue weighted by atomic mass is 14.7. The molecular formula is C24H42. The minimum absolute atomic E-state index is 0.655. The van der Waals surface area contributed by atoms with Crippen molar-refractivity contribution < 1.29 is 0 Å². The average molecular weight is 331 g/mol. The summed E-state index contributed by atoms with van der Waals surface area (Å²) < 4.78 is 0. The summed E-state index contributed by atoms with van der Waals surface area (Å²) in [6, 6.07) is 0. The third-order valence-electron chi connectivity index (χ3n) is 10.1. The van der Waals surface area contributed by atoms with E-state index in [-0.39, 0.29) is 0 Å². The molecule has 4 saturated carbocycles. The van der Waals surface area contributed by atoms with Gasteiger partial charge in [0.1, 0.15) is 0 Å². The Balaban J connectivity index is 1.70. The normalized spacial score (nSPS) is 57.6. The molecule has 4 rings (SSSR count). The molecule has 0 aliphatic heterocycles. The van der Waals surface area contributed by atoms with E-state index < -0.39 is 0 Å². The van der Waals surface area contributed by atoms with Crippen LogP contribution in [-0.4, -0.2) is 0 Å². The summed E-state index contributed by atoms with van der Waals surface area (Å²) >= 11 is 0. The summed E-state index contributed by atoms with van der Waals surface area (Å²) in [5, 5.41) is 0. The lowest BCUT2D eigenvalue weighted by molar-refractivity contribution is -0.173. The molecule has 4 aliphatic rings. The van der Waals surface area contributed by atoms with Crippen molar-refractivity contribution in [1.82, 2.24) is 0 Å². The molecule has 0 N–H and O–H groups in total. The van der Waals surface area contributed by atoms with Gasteiger partial charge in [0.15, 0.2) is 0 Å². The van der Waals surface area contributed by atoms with Gasteiger partial charge in [-0.1, -0.05) is 53.9 Å². The van der Waals surface area contributed by atoms with Gasteiger partial charge in [0, 0.05) is 0 Å². The minimum atomic E-state index is 0.655. The molecule has 0 nitrogen and oxygen atoms in total. The largest absolute Gasteiger partial charge is 0.0651 e. The maximum Gasteiger partial charge on any atom is -0.0236 e. The van der Waals surface area contributed by atoms with Crippen LogP contribution in [0, 0.1) is 52.3 Å². The van der Waals surface area contributed by atoms with Crippen LogP contribution in [0.4, 0.5) is 0 Å². The molecule has 138 valence electrons. The van der Waals surface area contributed by atoms with Crippen LogP contribution in [0.2, 0.25) is 0 Å². The minimum Gasteiger partial charge on any atom is -0.0651 e. The van der Waals surface area contributed by atoms with Crippen LogP contribution in [0.5, 0.6) is 0 Å². The first-order valence-corrected chi connectivity index (χ1v) is 11.4. The number of rotatable bonds is 1. The first kappa shape index (κ1) is 17.4. The fourth-order valence-electron chi connectivity index (χ4n) is 9.00. The second-order valence-electron chi connectivity index (χ2n) is 11.2. The van der Waals surface area contributed by atoms with Crippen molar-refractivity contribution >= 4 is 0 Å². The molecule has 0 aromatic carbocycles. The Labute approximate surface area is 151 Å². The topological polar surface area (TPSA) is 0 Å². The van der Waals surface area contributed by atoms with Crippen molar-refractivity contribution in [2.45, 2.75) is 98.8 Å². The van der Waals surface area contributed by atoms with Crippen LogP contribution in [0.15, 0.2) is 0 Å². The molecule has 6 unspecified atom stereocenters. The van der Waals surface area contributed by atoms with Gasteiger partial charge in [-0.25, -0.2) is 0 Å². The monoisotopic (exact) mass is 330 g/mol. The molecule has 0 saturated heterocycles. The summed E-state index contributed by atoms with van der Waals surface area (Å²) in [5.41, 5.74) is 1.36. The van der Waals surface area contributed by atoms with Crippen LogP contribution in [-0.2, 0) is 0 Å². The predicted octanol–water partition coefficient (Wildman–Crippen LogP) is 7.33. The smallest absolute Gasteiger partial charge is 0.0236 e. The summed E-state index contributed by atoms with van der Waals surface area (Å²) in [6.07, 6.45) is 15.2. The van der Waals surface area contributed by atoms with Crippen molar-refractivity contribution in [3.05, 3.63) is 0 Å². The molecule has 0 amide bonds. The Morgan fingerprint density at radius 1 is 0.833 bits per heavy atom. The van der Waals surface area contributed by atoms with Crippen molar-refractivity contribution in [2.24, 2.45) is 52.3 Å². The van der Waals surface area contributed by atoms with Gasteiger partial charge in [-0.15, -0.1) is 0 Å². The molecule has 0 aromatic rings. The zero-order chi connectivity index (χ0) is 17.1. The van der Waals surface area contributed by atoms with Gasteiger partial charge in [0.25, 0.3) is 0 Å². The van der Waals surface area contributed by atoms with Gasteiger partial charge in [-0.2, -0.15) is 0 Å². The van der Waals surface area contributed by atoms with Crippen LogP contribution in [0.1, 0.15) is 98.8 Å². The lowest BCUT2D eigenvalue weighted by Crippen LogP contribution is -2.59. The SMILES string of the molecule is CCC1C[C@H](C)C[C@@H]2C(C)CC3C(CC[C@]4(C)CCCCC34)C12C. The number of hydrogen-bond acceptors (Lipinski definition) is 0. The predicted molar refractivity (Wildman–Crippen MR) is 104 cm³/mol. The molecule has 9 atom stereocenters. The van der Waals surface area contributed by atoms with E-state index in [0.29, 0.717) is 10.8 Å². The first-order valence-electron chi connectivity index (χ1n) is 11.4. The van der Waals surface area contributed by atoms with Crippen molar-refractivity contribution in [1.29, 1.82) is 0 Å². The van der Waals surface area contributed by atoms with Crippen molar-refractivity contribution in [3.8, 4) is 0 Å². The van der Waals surface area contributed by atoms with E-state index in [2.05, 4.69) is 34.6 Å². The maximum atomic E-state index is 2.77. The lowest BCUT2D eigenvalue weighted by Gasteiger charge is -2.66. The van der Waals surface area contributed by atoms with Crippen LogP contribution < -0.4 is 0 Å². The number of hydrogen-bond donors (Lipinski definition) is 0. The molecule has 0 bridgehead atoms. The standard InChI is InChI=1S/C24H42/c1-6-18-13-16(2)14-22-17(3)15-19-20-9-7-8-11-23(20,4)12-10-21(19)24(18,22)5/h16-22H,6-15H2,1-5H3/t16-,17?,18?,19?,20?,21?,22+,23-,24?/m0/s1. The molecule has 4 aliphatic carbocycles. The Kier molecular flexibility index (Phi) is 4.37. The molecule has 4 fully saturated rings. The Morgan fingerprint density at radius 3 is 2.38 bits per heavy atom. The molecule has 0 radical (unpaired) electrons. The van der Waals surface area contributed by atoms with Gasteiger partial charge in [0.2, 0.25) is 0 Å². The Bertz CT molecular complexity index is 467. The molecule has 0 heterocycles. The van der Waals surface area contributed by atoms with E-state index in [9.17, 15) is 0 Å². The van der Waals surface area contributed by atoms with E-state index >= 15 is 0 Å². The second-order valence-corrected chi connectivity index (χ2v) is 11.2. The third kappa shape index (κ3) is 2.37. The van der Waals surface area contributed by atoms with Crippen molar-refractivity contribution in [3.63, 3.8) is 0 Å². The zero-order valence-electron chi connectivity index (χ0n) is 17.1. The first-order chi connectivity index (χ1) is 11.4. The summed E-state index contributed by atoms with van der Waals surface area (Å²) in [4.78, 5) is 0. The van der Waals surface area contributed by atoms with Gasteiger partial charge >= 0.3 is 0 Å². The molecule has 0 spiro atoms. The van der Waals surface area contributed by atoms with E-state index in [0.717, 1.165) is 41.4 Å². The molecule has 24 heavy (non-hydrogen) atoms. The highest BCUT2D eigenvalue weighted by molar-refractivity contribution is 5.09. The Morgan fingerprint density at radius 2 is 1.62 bits per heavy atom. The lowest BCUT2D eigenvalue weighted by atomic mass is 9.39. The highest BCUT2D eigenvalue weighted by Gasteiger charge is 2.60. The Hall–Kier alpha value is 0. The summed E-state index contributed by atoms with van der Waals surface area (Å²) in [6.45, 7) is 13.1.